The first-order valence-electron chi connectivity index (χ1n) is 3.46. The number of rotatable bonds is 0. The monoisotopic (exact) mass is 211 g/mol. The minimum atomic E-state index is 0.176. The van der Waals surface area contributed by atoms with Crippen molar-refractivity contribution < 1.29 is 0 Å². The second-order valence-electron chi connectivity index (χ2n) is 2.41. The number of imidazole rings is 1. The van der Waals surface area contributed by atoms with Crippen LogP contribution in [0, 0.1) is 11.3 Å². The lowest BCUT2D eigenvalue weighted by atomic mass is 10.4. The average Bonchev–Trinajstić information content (AvgIpc) is 2.42. The van der Waals surface area contributed by atoms with Gasteiger partial charge in [0.2, 0.25) is 0 Å². The lowest BCUT2D eigenvalue weighted by molar-refractivity contribution is 1.15. The highest BCUT2D eigenvalue weighted by Gasteiger charge is 2.10. The first-order valence-corrected chi connectivity index (χ1v) is 4.22. The van der Waals surface area contributed by atoms with Gasteiger partial charge in [-0.2, -0.15) is 5.26 Å². The van der Waals surface area contributed by atoms with Crippen molar-refractivity contribution in [3.63, 3.8) is 0 Å². The number of nitrogens with zero attached hydrogens (tertiary/aromatic N) is 3. The Kier molecular flexibility index (Phi) is 1.87. The summed E-state index contributed by atoms with van der Waals surface area (Å²) in [6, 6.07) is 7.10. The fraction of sp³-hybridized carbons (Fsp3) is 0. The quantitative estimate of drug-likeness (QED) is 0.629. The Labute approximate surface area is 84.1 Å². The summed E-state index contributed by atoms with van der Waals surface area (Å²) in [5, 5.41) is 9.38. The SMILES string of the molecule is N#Cc1c(Cl)nc2cccc(Cl)n12. The van der Waals surface area contributed by atoms with Gasteiger partial charge < -0.3 is 0 Å². The number of nitriles is 1. The molecule has 0 unspecified atom stereocenters. The van der Waals surface area contributed by atoms with Gasteiger partial charge in [0.05, 0.1) is 0 Å². The topological polar surface area (TPSA) is 41.1 Å². The molecular weight excluding hydrogens is 209 g/mol. The Bertz CT molecular complexity index is 510. The maximum atomic E-state index is 8.78. The standard InChI is InChI=1S/C8H3Cl2N3/c9-6-2-1-3-7-12-8(10)5(4-11)13(6)7/h1-3H. The summed E-state index contributed by atoms with van der Waals surface area (Å²) < 4.78 is 1.50. The van der Waals surface area contributed by atoms with Crippen LogP contribution in [0.3, 0.4) is 0 Å². The van der Waals surface area contributed by atoms with Crippen LogP contribution in [0.4, 0.5) is 0 Å². The lowest BCUT2D eigenvalue weighted by Crippen LogP contribution is -1.89. The molecule has 0 saturated heterocycles. The molecule has 0 saturated carbocycles. The summed E-state index contributed by atoms with van der Waals surface area (Å²) >= 11 is 11.6. The summed E-state index contributed by atoms with van der Waals surface area (Å²) in [5.74, 6) is 0. The fourth-order valence-electron chi connectivity index (χ4n) is 1.12. The molecule has 0 N–H and O–H groups in total. The molecule has 3 nitrogen and oxygen atoms in total. The van der Waals surface area contributed by atoms with Gasteiger partial charge in [-0.05, 0) is 12.1 Å². The Morgan fingerprint density at radius 1 is 1.38 bits per heavy atom. The van der Waals surface area contributed by atoms with E-state index in [1.54, 1.807) is 18.2 Å². The largest absolute Gasteiger partial charge is 0.273 e. The van der Waals surface area contributed by atoms with Gasteiger partial charge in [-0.25, -0.2) is 4.98 Å². The van der Waals surface area contributed by atoms with E-state index in [1.807, 2.05) is 6.07 Å². The van der Waals surface area contributed by atoms with Crippen LogP contribution < -0.4 is 0 Å². The number of halogens is 2. The van der Waals surface area contributed by atoms with Crippen molar-refractivity contribution >= 4 is 28.8 Å². The van der Waals surface area contributed by atoms with E-state index in [1.165, 1.54) is 4.40 Å². The molecule has 0 radical (unpaired) electrons. The maximum absolute atomic E-state index is 8.78. The van der Waals surface area contributed by atoms with Gasteiger partial charge in [-0.3, -0.25) is 4.40 Å². The predicted octanol–water partition coefficient (Wildman–Crippen LogP) is 2.51. The van der Waals surface area contributed by atoms with Gasteiger partial charge in [0, 0.05) is 0 Å². The van der Waals surface area contributed by atoms with E-state index < -0.39 is 0 Å². The Morgan fingerprint density at radius 3 is 2.85 bits per heavy atom. The molecule has 0 aliphatic rings. The second-order valence-corrected chi connectivity index (χ2v) is 3.15. The summed E-state index contributed by atoms with van der Waals surface area (Å²) in [6.45, 7) is 0. The molecule has 0 atom stereocenters. The molecule has 5 heteroatoms. The van der Waals surface area contributed by atoms with Gasteiger partial charge >= 0.3 is 0 Å². The van der Waals surface area contributed by atoms with Crippen LogP contribution >= 0.6 is 23.2 Å². The maximum Gasteiger partial charge on any atom is 0.166 e. The fourth-order valence-corrected chi connectivity index (χ4v) is 1.58. The van der Waals surface area contributed by atoms with E-state index in [0.717, 1.165) is 0 Å². The highest BCUT2D eigenvalue weighted by molar-refractivity contribution is 6.32. The molecule has 0 bridgehead atoms. The van der Waals surface area contributed by atoms with Crippen molar-refractivity contribution in [3.8, 4) is 6.07 Å². The van der Waals surface area contributed by atoms with E-state index >= 15 is 0 Å². The zero-order valence-corrected chi connectivity index (χ0v) is 7.84. The van der Waals surface area contributed by atoms with Crippen LogP contribution in [-0.2, 0) is 0 Å². The zero-order chi connectivity index (χ0) is 9.42. The number of pyridine rings is 1. The van der Waals surface area contributed by atoms with Crippen molar-refractivity contribution in [3.05, 3.63) is 34.2 Å². The average molecular weight is 212 g/mol. The number of hydrogen-bond donors (Lipinski definition) is 0. The minimum Gasteiger partial charge on any atom is -0.273 e. The zero-order valence-electron chi connectivity index (χ0n) is 6.33. The molecule has 64 valence electrons. The summed E-state index contributed by atoms with van der Waals surface area (Å²) in [4.78, 5) is 3.97. The third-order valence-corrected chi connectivity index (χ3v) is 2.22. The molecule has 13 heavy (non-hydrogen) atoms. The molecule has 0 aromatic carbocycles. The number of aromatic nitrogens is 2. The summed E-state index contributed by atoms with van der Waals surface area (Å²) in [7, 11) is 0. The Morgan fingerprint density at radius 2 is 2.15 bits per heavy atom. The normalized spacial score (nSPS) is 10.2. The van der Waals surface area contributed by atoms with E-state index in [-0.39, 0.29) is 10.8 Å². The molecule has 2 aromatic rings. The Balaban J connectivity index is 2.99. The van der Waals surface area contributed by atoms with Crippen molar-refractivity contribution in [2.75, 3.05) is 0 Å². The number of hydrogen-bond acceptors (Lipinski definition) is 2. The van der Waals surface area contributed by atoms with E-state index in [2.05, 4.69) is 4.98 Å². The van der Waals surface area contributed by atoms with Crippen LogP contribution in [-0.4, -0.2) is 9.38 Å². The van der Waals surface area contributed by atoms with Crippen LogP contribution in [0.5, 0.6) is 0 Å². The van der Waals surface area contributed by atoms with E-state index in [9.17, 15) is 0 Å². The van der Waals surface area contributed by atoms with Crippen LogP contribution in [0.2, 0.25) is 10.3 Å². The van der Waals surface area contributed by atoms with Crippen molar-refractivity contribution in [1.82, 2.24) is 9.38 Å². The second kappa shape index (κ2) is 2.91. The first-order chi connectivity index (χ1) is 6.24. The predicted molar refractivity (Wildman–Crippen MR) is 49.9 cm³/mol. The Hall–Kier alpha value is -1.24. The molecule has 0 amide bonds. The third-order valence-electron chi connectivity index (χ3n) is 1.66. The molecule has 0 spiro atoms. The van der Waals surface area contributed by atoms with Gasteiger partial charge in [0.25, 0.3) is 0 Å². The molecule has 2 heterocycles. The number of fused-ring (bicyclic) bond motifs is 1. The van der Waals surface area contributed by atoms with Crippen LogP contribution in [0.15, 0.2) is 18.2 Å². The third kappa shape index (κ3) is 1.15. The first kappa shape index (κ1) is 8.36. The lowest BCUT2D eigenvalue weighted by Gasteiger charge is -1.96. The van der Waals surface area contributed by atoms with E-state index in [4.69, 9.17) is 28.5 Å². The van der Waals surface area contributed by atoms with Gasteiger partial charge in [0.15, 0.2) is 10.8 Å². The van der Waals surface area contributed by atoms with Gasteiger partial charge in [-0.1, -0.05) is 29.3 Å². The summed E-state index contributed by atoms with van der Waals surface area (Å²) in [5.41, 5.74) is 0.844. The molecule has 2 aromatic heterocycles. The molecule has 0 aliphatic carbocycles. The molecule has 0 fully saturated rings. The minimum absolute atomic E-state index is 0.176. The van der Waals surface area contributed by atoms with Gasteiger partial charge in [0.1, 0.15) is 16.9 Å². The van der Waals surface area contributed by atoms with Crippen molar-refractivity contribution in [2.45, 2.75) is 0 Å². The smallest absolute Gasteiger partial charge is 0.166 e. The van der Waals surface area contributed by atoms with Crippen molar-refractivity contribution in [2.24, 2.45) is 0 Å². The van der Waals surface area contributed by atoms with Crippen LogP contribution in [0.1, 0.15) is 5.69 Å². The summed E-state index contributed by atoms with van der Waals surface area (Å²) in [6.07, 6.45) is 0. The van der Waals surface area contributed by atoms with Crippen molar-refractivity contribution in [1.29, 1.82) is 5.26 Å². The highest BCUT2D eigenvalue weighted by atomic mass is 35.5. The highest BCUT2D eigenvalue weighted by Crippen LogP contribution is 2.20. The molecule has 0 aliphatic heterocycles. The molecular formula is C8H3Cl2N3. The van der Waals surface area contributed by atoms with Gasteiger partial charge in [-0.15, -0.1) is 0 Å². The molecule has 2 rings (SSSR count). The van der Waals surface area contributed by atoms with E-state index in [0.29, 0.717) is 10.8 Å². The van der Waals surface area contributed by atoms with Crippen LogP contribution in [0.25, 0.3) is 5.65 Å².